The Hall–Kier alpha value is -2.85. The first-order valence-corrected chi connectivity index (χ1v) is 8.13. The van der Waals surface area contributed by atoms with Crippen molar-refractivity contribution in [3.05, 3.63) is 48.3 Å². The molecule has 23 heavy (non-hydrogen) atoms. The van der Waals surface area contributed by atoms with Gasteiger partial charge in [0.05, 0.1) is 17.1 Å². The van der Waals surface area contributed by atoms with Crippen LogP contribution in [0.4, 0.5) is 5.69 Å². The first-order chi connectivity index (χ1) is 11.2. The molecule has 7 heteroatoms. The van der Waals surface area contributed by atoms with E-state index in [0.717, 1.165) is 28.3 Å². The van der Waals surface area contributed by atoms with E-state index in [1.165, 1.54) is 11.8 Å². The first-order valence-electron chi connectivity index (χ1n) is 6.91. The van der Waals surface area contributed by atoms with E-state index in [9.17, 15) is 0 Å². The highest BCUT2D eigenvalue weighted by Crippen LogP contribution is 2.25. The fourth-order valence-corrected chi connectivity index (χ4v) is 2.60. The topological polar surface area (TPSA) is 78.4 Å². The average Bonchev–Trinajstić information content (AvgIpc) is 2.94. The van der Waals surface area contributed by atoms with Crippen molar-refractivity contribution in [3.63, 3.8) is 0 Å². The molecule has 2 aromatic heterocycles. The highest BCUT2D eigenvalue weighted by Gasteiger charge is 2.07. The van der Waals surface area contributed by atoms with Crippen molar-refractivity contribution in [2.75, 3.05) is 6.26 Å². The summed E-state index contributed by atoms with van der Waals surface area (Å²) >= 11 is 1.39. The minimum Gasteiger partial charge on any atom is -0.271 e. The van der Waals surface area contributed by atoms with Crippen molar-refractivity contribution in [3.8, 4) is 17.5 Å². The molecule has 114 valence electrons. The third-order valence-corrected chi connectivity index (χ3v) is 3.79. The molecule has 0 atom stereocenters. The second-order valence-corrected chi connectivity index (χ2v) is 5.59. The van der Waals surface area contributed by atoms with Crippen LogP contribution in [0, 0.1) is 18.4 Å². The van der Waals surface area contributed by atoms with Crippen molar-refractivity contribution in [2.45, 2.75) is 6.92 Å². The maximum absolute atomic E-state index is 8.73. The van der Waals surface area contributed by atoms with Gasteiger partial charge in [-0.05, 0) is 31.4 Å². The Morgan fingerprint density at radius 1 is 1.35 bits per heavy atom. The number of hydrogen-bond acceptors (Lipinski definition) is 5. The lowest BCUT2D eigenvalue weighted by Gasteiger charge is -2.06. The second kappa shape index (κ2) is 6.50. The molecule has 0 aliphatic heterocycles. The van der Waals surface area contributed by atoms with Crippen LogP contribution in [-0.2, 0) is 0 Å². The Morgan fingerprint density at radius 3 is 3.00 bits per heavy atom. The average molecular weight is 322 g/mol. The Balaban J connectivity index is 2.07. The van der Waals surface area contributed by atoms with Crippen LogP contribution in [0.3, 0.4) is 0 Å². The molecule has 0 aliphatic carbocycles. The third-order valence-electron chi connectivity index (χ3n) is 3.21. The van der Waals surface area contributed by atoms with Crippen molar-refractivity contribution in [1.29, 1.82) is 5.26 Å². The lowest BCUT2D eigenvalue weighted by Crippen LogP contribution is -2.12. The molecule has 0 unspecified atom stereocenters. The summed E-state index contributed by atoms with van der Waals surface area (Å²) in [5.74, 6) is 0. The van der Waals surface area contributed by atoms with Gasteiger partial charge in [0, 0.05) is 17.8 Å². The highest BCUT2D eigenvalue weighted by atomic mass is 32.2. The van der Waals surface area contributed by atoms with Crippen LogP contribution in [0.25, 0.3) is 16.9 Å². The quantitative estimate of drug-likeness (QED) is 0.339. The molecule has 0 fully saturated rings. The number of aliphatic imine (C=N–C) groups is 1. The molecule has 0 radical (unpaired) electrons. The van der Waals surface area contributed by atoms with E-state index in [-0.39, 0.29) is 0 Å². The fraction of sp³-hybridized carbons (Fsp3) is 0.125. The number of aromatic nitrogens is 3. The number of hydrogen-bond donors (Lipinski definition) is 1. The number of nitriles is 1. The predicted molar refractivity (Wildman–Crippen MR) is 92.5 cm³/mol. The molecular weight excluding hydrogens is 308 g/mol. The largest absolute Gasteiger partial charge is 0.271 e. The van der Waals surface area contributed by atoms with Gasteiger partial charge in [0.2, 0.25) is 0 Å². The predicted octanol–water partition coefficient (Wildman–Crippen LogP) is 3.13. The zero-order chi connectivity index (χ0) is 16.2. The number of nitrogens with zero attached hydrogens (tertiary/aromatic N) is 5. The smallest absolute Gasteiger partial charge is 0.183 e. The summed E-state index contributed by atoms with van der Waals surface area (Å²) in [6.07, 6.45) is 5.53. The van der Waals surface area contributed by atoms with E-state index in [1.54, 1.807) is 6.20 Å². The zero-order valence-electron chi connectivity index (χ0n) is 12.7. The zero-order valence-corrected chi connectivity index (χ0v) is 13.5. The van der Waals surface area contributed by atoms with Gasteiger partial charge in [-0.15, -0.1) is 0 Å². The Bertz CT molecular complexity index is 922. The van der Waals surface area contributed by atoms with Gasteiger partial charge in [-0.1, -0.05) is 23.9 Å². The lowest BCUT2D eigenvalue weighted by atomic mass is 10.1. The molecule has 1 N–H and O–H groups in total. The maximum atomic E-state index is 8.73. The third kappa shape index (κ3) is 3.17. The molecule has 1 aromatic carbocycles. The Morgan fingerprint density at radius 2 is 2.22 bits per heavy atom. The monoisotopic (exact) mass is 322 g/mol. The van der Waals surface area contributed by atoms with E-state index in [1.807, 2.05) is 60.3 Å². The molecule has 0 aliphatic rings. The van der Waals surface area contributed by atoms with Gasteiger partial charge in [0.25, 0.3) is 0 Å². The van der Waals surface area contributed by atoms with Gasteiger partial charge in [-0.3, -0.25) is 5.32 Å². The number of thioether (sulfide) groups is 1. The number of nitrogens with one attached hydrogen (secondary N) is 1. The number of amidine groups is 1. The minimum atomic E-state index is 0.555. The van der Waals surface area contributed by atoms with E-state index in [2.05, 4.69) is 20.4 Å². The normalized spacial score (nSPS) is 11.4. The molecule has 0 saturated carbocycles. The van der Waals surface area contributed by atoms with E-state index in [0.29, 0.717) is 5.17 Å². The molecular formula is C16H14N6S. The summed E-state index contributed by atoms with van der Waals surface area (Å²) in [7, 11) is 0. The van der Waals surface area contributed by atoms with Crippen LogP contribution in [-0.4, -0.2) is 26.0 Å². The van der Waals surface area contributed by atoms with Gasteiger partial charge >= 0.3 is 0 Å². The van der Waals surface area contributed by atoms with Crippen LogP contribution >= 0.6 is 11.8 Å². The van der Waals surface area contributed by atoms with Gasteiger partial charge in [0.1, 0.15) is 0 Å². The number of benzene rings is 1. The molecule has 2 heterocycles. The van der Waals surface area contributed by atoms with Crippen LogP contribution in [0.2, 0.25) is 0 Å². The van der Waals surface area contributed by atoms with Crippen LogP contribution in [0.1, 0.15) is 5.69 Å². The molecule has 6 nitrogen and oxygen atoms in total. The van der Waals surface area contributed by atoms with Crippen molar-refractivity contribution < 1.29 is 0 Å². The molecule has 0 bridgehead atoms. The van der Waals surface area contributed by atoms with Gasteiger partial charge in [0.15, 0.2) is 17.0 Å². The fourth-order valence-electron chi connectivity index (χ4n) is 2.25. The van der Waals surface area contributed by atoms with Crippen molar-refractivity contribution >= 4 is 28.3 Å². The summed E-state index contributed by atoms with van der Waals surface area (Å²) in [6.45, 7) is 1.94. The molecule has 0 spiro atoms. The standard InChI is InChI=1S/C16H14N6S/c1-11-8-15-18-7-6-14(22(15)21-11)12-4-3-5-13(9-12)20-16(23-2)19-10-17/h3-9H,1-2H3,(H,19,20). The Kier molecular flexibility index (Phi) is 4.26. The highest BCUT2D eigenvalue weighted by molar-refractivity contribution is 8.13. The number of aryl methyl sites for hydroxylation is 1. The molecule has 0 amide bonds. The van der Waals surface area contributed by atoms with Crippen molar-refractivity contribution in [2.24, 2.45) is 4.99 Å². The van der Waals surface area contributed by atoms with Crippen molar-refractivity contribution in [1.82, 2.24) is 19.9 Å². The van der Waals surface area contributed by atoms with E-state index < -0.39 is 0 Å². The molecule has 3 aromatic rings. The maximum Gasteiger partial charge on any atom is 0.183 e. The van der Waals surface area contributed by atoms with Gasteiger partial charge in [-0.25, -0.2) is 14.5 Å². The van der Waals surface area contributed by atoms with Gasteiger partial charge < -0.3 is 0 Å². The summed E-state index contributed by atoms with van der Waals surface area (Å²) in [5.41, 5.74) is 4.42. The van der Waals surface area contributed by atoms with E-state index in [4.69, 9.17) is 5.26 Å². The minimum absolute atomic E-state index is 0.555. The summed E-state index contributed by atoms with van der Waals surface area (Å²) < 4.78 is 1.82. The molecule has 3 rings (SSSR count). The van der Waals surface area contributed by atoms with Crippen LogP contribution in [0.5, 0.6) is 0 Å². The van der Waals surface area contributed by atoms with E-state index >= 15 is 0 Å². The molecule has 0 saturated heterocycles. The summed E-state index contributed by atoms with van der Waals surface area (Å²) in [4.78, 5) is 8.76. The summed E-state index contributed by atoms with van der Waals surface area (Å²) in [6, 6.07) is 11.6. The van der Waals surface area contributed by atoms with Crippen LogP contribution in [0.15, 0.2) is 47.6 Å². The SMILES string of the molecule is CSC(=Nc1cccc(-c2ccnc3cc(C)nn23)c1)NC#N. The number of fused-ring (bicyclic) bond motifs is 1. The second-order valence-electron chi connectivity index (χ2n) is 4.79. The summed E-state index contributed by atoms with van der Waals surface area (Å²) in [5, 5.41) is 16.3. The van der Waals surface area contributed by atoms with Gasteiger partial charge in [-0.2, -0.15) is 10.4 Å². The van der Waals surface area contributed by atoms with Crippen LogP contribution < -0.4 is 5.32 Å². The Labute approximate surface area is 137 Å². The lowest BCUT2D eigenvalue weighted by molar-refractivity contribution is 0.925. The number of rotatable bonds is 2. The first kappa shape index (κ1) is 15.1.